The minimum Gasteiger partial charge on any atom is -0.366 e. The smallest absolute Gasteiger partial charge is 0.366 e. The molecule has 4 N–H and O–H groups in total. The fraction of sp³-hybridized carbons (Fsp3) is 0.130. The number of halogens is 5. The Morgan fingerprint density at radius 2 is 1.73 bits per heavy atom. The fourth-order valence-corrected chi connectivity index (χ4v) is 3.78. The van der Waals surface area contributed by atoms with Crippen molar-refractivity contribution < 1.29 is 22.4 Å². The highest BCUT2D eigenvalue weighted by Gasteiger charge is 2.35. The maximum absolute atomic E-state index is 14.7. The van der Waals surface area contributed by atoms with E-state index in [9.17, 15) is 22.4 Å². The average molecular weight is 540 g/mol. The molecule has 4 nitrogen and oxygen atoms in total. The van der Waals surface area contributed by atoms with Crippen molar-refractivity contribution in [2.45, 2.75) is 19.1 Å². The van der Waals surface area contributed by atoms with Gasteiger partial charge in [-0.1, -0.05) is 46.3 Å². The van der Waals surface area contributed by atoms with Crippen LogP contribution >= 0.6 is 28.1 Å². The van der Waals surface area contributed by atoms with Crippen LogP contribution in [0.2, 0.25) is 0 Å². The standard InChI is InChI=1S/C23H18BrF4N3OS/c1-12(13-5-7-14(24)8-6-13)30-22(33)31-15-9-10-16(19(11-15)23(26,27)28)17-3-2-4-18(20(17)25)21(29)32/h2-12H,1H3,(H2,29,32)(H2,30,31,33). The van der Waals surface area contributed by atoms with Crippen molar-refractivity contribution in [3.8, 4) is 11.1 Å². The predicted molar refractivity (Wildman–Crippen MR) is 127 cm³/mol. The number of amides is 1. The van der Waals surface area contributed by atoms with E-state index in [2.05, 4.69) is 26.6 Å². The number of hydrogen-bond donors (Lipinski definition) is 3. The van der Waals surface area contributed by atoms with Gasteiger partial charge in [-0.05, 0) is 60.6 Å². The van der Waals surface area contributed by atoms with Gasteiger partial charge in [-0.15, -0.1) is 0 Å². The zero-order chi connectivity index (χ0) is 24.3. The molecular formula is C23H18BrF4N3OS. The molecule has 0 bridgehead atoms. The van der Waals surface area contributed by atoms with E-state index in [4.69, 9.17) is 18.0 Å². The molecule has 1 unspecified atom stereocenters. The molecule has 0 spiro atoms. The molecule has 1 amide bonds. The van der Waals surface area contributed by atoms with Crippen LogP contribution in [0.5, 0.6) is 0 Å². The summed E-state index contributed by atoms with van der Waals surface area (Å²) in [4.78, 5) is 11.4. The summed E-state index contributed by atoms with van der Waals surface area (Å²) in [6, 6.07) is 14.1. The van der Waals surface area contributed by atoms with Gasteiger partial charge < -0.3 is 16.4 Å². The van der Waals surface area contributed by atoms with E-state index in [-0.39, 0.29) is 22.4 Å². The van der Waals surface area contributed by atoms with Crippen LogP contribution in [-0.2, 0) is 6.18 Å². The Hall–Kier alpha value is -2.98. The molecule has 0 heterocycles. The van der Waals surface area contributed by atoms with Crippen molar-refractivity contribution >= 4 is 44.9 Å². The maximum atomic E-state index is 14.7. The molecule has 172 valence electrons. The Morgan fingerprint density at radius 3 is 2.33 bits per heavy atom. The van der Waals surface area contributed by atoms with E-state index >= 15 is 0 Å². The second kappa shape index (κ2) is 9.88. The molecule has 0 fully saturated rings. The van der Waals surface area contributed by atoms with Crippen molar-refractivity contribution in [1.29, 1.82) is 0 Å². The van der Waals surface area contributed by atoms with E-state index in [1.54, 1.807) is 0 Å². The number of alkyl halides is 3. The van der Waals surface area contributed by atoms with Crippen LogP contribution in [0.1, 0.15) is 34.5 Å². The molecule has 0 saturated carbocycles. The van der Waals surface area contributed by atoms with E-state index in [0.717, 1.165) is 34.3 Å². The SMILES string of the molecule is CC(NC(=S)Nc1ccc(-c2cccc(C(N)=O)c2F)c(C(F)(F)F)c1)c1ccc(Br)cc1. The molecule has 0 aliphatic carbocycles. The number of carbonyl (C=O) groups excluding carboxylic acids is 1. The Kier molecular flexibility index (Phi) is 7.38. The van der Waals surface area contributed by atoms with Gasteiger partial charge in [0.25, 0.3) is 5.91 Å². The molecule has 1 atom stereocenters. The minimum atomic E-state index is -4.79. The number of nitrogens with one attached hydrogen (secondary N) is 2. The fourth-order valence-electron chi connectivity index (χ4n) is 3.22. The average Bonchev–Trinajstić information content (AvgIpc) is 2.73. The van der Waals surface area contributed by atoms with E-state index in [0.29, 0.717) is 0 Å². The van der Waals surface area contributed by atoms with Gasteiger partial charge in [0.2, 0.25) is 0 Å². The van der Waals surface area contributed by atoms with Crippen molar-refractivity contribution in [3.63, 3.8) is 0 Å². The lowest BCUT2D eigenvalue weighted by atomic mass is 9.96. The first-order valence-corrected chi connectivity index (χ1v) is 10.8. The molecule has 0 aliphatic heterocycles. The second-order valence-corrected chi connectivity index (χ2v) is 8.49. The highest BCUT2D eigenvalue weighted by atomic mass is 79.9. The van der Waals surface area contributed by atoms with Crippen LogP contribution in [0, 0.1) is 5.82 Å². The summed E-state index contributed by atoms with van der Waals surface area (Å²) in [5.74, 6) is -2.19. The van der Waals surface area contributed by atoms with E-state index in [1.165, 1.54) is 12.1 Å². The lowest BCUT2D eigenvalue weighted by Crippen LogP contribution is -2.31. The van der Waals surface area contributed by atoms with Gasteiger partial charge >= 0.3 is 6.18 Å². The van der Waals surface area contributed by atoms with Gasteiger partial charge in [0, 0.05) is 15.7 Å². The lowest BCUT2D eigenvalue weighted by molar-refractivity contribution is -0.137. The first-order chi connectivity index (χ1) is 15.5. The van der Waals surface area contributed by atoms with Crippen LogP contribution in [-0.4, -0.2) is 11.0 Å². The highest BCUT2D eigenvalue weighted by Crippen LogP contribution is 2.40. The van der Waals surface area contributed by atoms with Crippen LogP contribution in [0.3, 0.4) is 0 Å². The van der Waals surface area contributed by atoms with Crippen LogP contribution in [0.15, 0.2) is 65.1 Å². The Morgan fingerprint density at radius 1 is 1.06 bits per heavy atom. The molecule has 33 heavy (non-hydrogen) atoms. The summed E-state index contributed by atoms with van der Waals surface area (Å²) < 4.78 is 57.1. The number of thiocarbonyl (C=S) groups is 1. The third-order valence-electron chi connectivity index (χ3n) is 4.85. The Bertz CT molecular complexity index is 1200. The third kappa shape index (κ3) is 5.88. The first-order valence-electron chi connectivity index (χ1n) is 9.60. The zero-order valence-corrected chi connectivity index (χ0v) is 19.5. The summed E-state index contributed by atoms with van der Waals surface area (Å²) in [5, 5.41) is 5.86. The van der Waals surface area contributed by atoms with Gasteiger partial charge in [0.15, 0.2) is 5.11 Å². The number of primary amides is 1. The Balaban J connectivity index is 1.88. The van der Waals surface area contributed by atoms with E-state index < -0.39 is 34.6 Å². The molecule has 10 heteroatoms. The number of rotatable bonds is 5. The largest absolute Gasteiger partial charge is 0.417 e. The number of nitrogens with two attached hydrogens (primary N) is 1. The molecule has 0 radical (unpaired) electrons. The summed E-state index contributed by atoms with van der Waals surface area (Å²) in [6.45, 7) is 1.86. The normalized spacial score (nSPS) is 12.2. The number of anilines is 1. The van der Waals surface area contributed by atoms with E-state index in [1.807, 2.05) is 31.2 Å². The second-order valence-electron chi connectivity index (χ2n) is 7.16. The van der Waals surface area contributed by atoms with Gasteiger partial charge in [-0.25, -0.2) is 4.39 Å². The molecule has 0 saturated heterocycles. The van der Waals surface area contributed by atoms with Gasteiger partial charge in [-0.3, -0.25) is 4.79 Å². The van der Waals surface area contributed by atoms with Gasteiger partial charge in [0.1, 0.15) is 5.82 Å². The van der Waals surface area contributed by atoms with Crippen molar-refractivity contribution in [3.05, 3.63) is 87.6 Å². The molecule has 0 aromatic heterocycles. The third-order valence-corrected chi connectivity index (χ3v) is 5.60. The maximum Gasteiger partial charge on any atom is 0.417 e. The monoisotopic (exact) mass is 539 g/mol. The van der Waals surface area contributed by atoms with Gasteiger partial charge in [0.05, 0.1) is 17.2 Å². The topological polar surface area (TPSA) is 67.2 Å². The summed E-state index contributed by atoms with van der Waals surface area (Å²) >= 11 is 8.60. The summed E-state index contributed by atoms with van der Waals surface area (Å²) in [7, 11) is 0. The Labute approximate surface area is 201 Å². The molecule has 3 aromatic rings. The van der Waals surface area contributed by atoms with Gasteiger partial charge in [-0.2, -0.15) is 13.2 Å². The summed E-state index contributed by atoms with van der Waals surface area (Å²) in [6.07, 6.45) is -4.79. The molecule has 3 aromatic carbocycles. The zero-order valence-electron chi connectivity index (χ0n) is 17.1. The van der Waals surface area contributed by atoms with Crippen LogP contribution < -0.4 is 16.4 Å². The number of hydrogen-bond acceptors (Lipinski definition) is 2. The highest BCUT2D eigenvalue weighted by molar-refractivity contribution is 9.10. The number of benzene rings is 3. The van der Waals surface area contributed by atoms with Crippen molar-refractivity contribution in [2.75, 3.05) is 5.32 Å². The minimum absolute atomic E-state index is 0.0676. The molecular weight excluding hydrogens is 522 g/mol. The van der Waals surface area contributed by atoms with Crippen molar-refractivity contribution in [2.24, 2.45) is 5.73 Å². The lowest BCUT2D eigenvalue weighted by Gasteiger charge is -2.19. The predicted octanol–water partition coefficient (Wildman–Crippen LogP) is 6.42. The molecule has 0 aliphatic rings. The number of carbonyl (C=O) groups is 1. The quantitative estimate of drug-likeness (QED) is 0.258. The first kappa shape index (κ1) is 24.7. The van der Waals surface area contributed by atoms with Crippen molar-refractivity contribution in [1.82, 2.24) is 5.32 Å². The molecule has 3 rings (SSSR count). The summed E-state index contributed by atoms with van der Waals surface area (Å²) in [5.41, 5.74) is 3.74. The van der Waals surface area contributed by atoms with Crippen LogP contribution in [0.4, 0.5) is 23.2 Å². The van der Waals surface area contributed by atoms with Crippen LogP contribution in [0.25, 0.3) is 11.1 Å².